The van der Waals surface area contributed by atoms with Crippen LogP contribution in [0.15, 0.2) is 41.5 Å². The molecule has 0 amide bonds. The first kappa shape index (κ1) is 13.4. The van der Waals surface area contributed by atoms with Gasteiger partial charge in [-0.1, -0.05) is 6.07 Å². The van der Waals surface area contributed by atoms with Gasteiger partial charge in [0.1, 0.15) is 0 Å². The Morgan fingerprint density at radius 2 is 2.05 bits per heavy atom. The van der Waals surface area contributed by atoms with Crippen molar-refractivity contribution in [2.45, 2.75) is 19.8 Å². The fraction of sp³-hybridized carbons (Fsp3) is 0.312. The molecule has 22 heavy (non-hydrogen) atoms. The highest BCUT2D eigenvalue weighted by atomic mass is 16.7. The van der Waals surface area contributed by atoms with Crippen LogP contribution in [0.2, 0.25) is 0 Å². The van der Waals surface area contributed by atoms with Gasteiger partial charge in [-0.3, -0.25) is 9.48 Å². The molecule has 3 heterocycles. The first-order valence-corrected chi connectivity index (χ1v) is 7.32. The molecule has 0 saturated carbocycles. The van der Waals surface area contributed by atoms with Crippen molar-refractivity contribution in [1.82, 2.24) is 14.3 Å². The molecule has 6 heteroatoms. The van der Waals surface area contributed by atoms with Gasteiger partial charge in [0.2, 0.25) is 0 Å². The maximum absolute atomic E-state index is 12.4. The molecule has 1 aliphatic heterocycles. The van der Waals surface area contributed by atoms with Crippen molar-refractivity contribution in [2.24, 2.45) is 0 Å². The number of nitrogens with zero attached hydrogens (tertiary/aromatic N) is 2. The second-order valence-electron chi connectivity index (χ2n) is 5.46. The molecule has 0 atom stereocenters. The maximum Gasteiger partial charge on any atom is 0.251 e. The minimum Gasteiger partial charge on any atom is -0.348 e. The van der Waals surface area contributed by atoms with Gasteiger partial charge in [0.25, 0.3) is 5.56 Å². The molecular formula is C16H17N3O3. The number of rotatable bonds is 3. The average Bonchev–Trinajstić information content (AvgIpc) is 2.94. The number of aromatic amines is 1. The molecule has 1 aromatic carbocycles. The van der Waals surface area contributed by atoms with Crippen molar-refractivity contribution < 1.29 is 9.47 Å². The third kappa shape index (κ3) is 2.17. The molecule has 3 aromatic rings. The lowest BCUT2D eigenvalue weighted by Gasteiger charge is -2.17. The van der Waals surface area contributed by atoms with Crippen molar-refractivity contribution in [3.05, 3.63) is 52.6 Å². The van der Waals surface area contributed by atoms with Gasteiger partial charge in [0.05, 0.1) is 31.0 Å². The topological polar surface area (TPSA) is 61.2 Å². The van der Waals surface area contributed by atoms with Crippen molar-refractivity contribution in [3.8, 4) is 5.69 Å². The number of hydrogen-bond acceptors (Lipinski definition) is 3. The first-order chi connectivity index (χ1) is 10.7. The molecule has 0 spiro atoms. The quantitative estimate of drug-likeness (QED) is 0.802. The summed E-state index contributed by atoms with van der Waals surface area (Å²) >= 11 is 0. The van der Waals surface area contributed by atoms with E-state index in [0.29, 0.717) is 19.8 Å². The number of aromatic nitrogens is 3. The number of nitrogens with one attached hydrogen (secondary N) is 1. The van der Waals surface area contributed by atoms with Crippen molar-refractivity contribution in [3.63, 3.8) is 0 Å². The molecule has 114 valence electrons. The van der Waals surface area contributed by atoms with Crippen LogP contribution in [-0.2, 0) is 16.0 Å². The van der Waals surface area contributed by atoms with Gasteiger partial charge in [0, 0.05) is 23.8 Å². The zero-order valence-electron chi connectivity index (χ0n) is 12.3. The summed E-state index contributed by atoms with van der Waals surface area (Å²) in [7, 11) is 0. The van der Waals surface area contributed by atoms with Crippen LogP contribution in [0.1, 0.15) is 5.56 Å². The zero-order chi connectivity index (χ0) is 15.1. The van der Waals surface area contributed by atoms with E-state index in [1.165, 1.54) is 0 Å². The highest BCUT2D eigenvalue weighted by Gasteiger charge is 2.19. The van der Waals surface area contributed by atoms with E-state index >= 15 is 0 Å². The van der Waals surface area contributed by atoms with Gasteiger partial charge in [-0.05, 0) is 24.6 Å². The van der Waals surface area contributed by atoms with E-state index in [2.05, 4.69) is 5.10 Å². The number of ether oxygens (including phenoxy) is 2. The number of pyridine rings is 1. The van der Waals surface area contributed by atoms with Gasteiger partial charge < -0.3 is 19.1 Å². The molecule has 0 bridgehead atoms. The fourth-order valence-corrected chi connectivity index (χ4v) is 2.85. The van der Waals surface area contributed by atoms with E-state index in [4.69, 9.17) is 9.47 Å². The summed E-state index contributed by atoms with van der Waals surface area (Å²) in [4.78, 5) is 12.4. The second kappa shape index (κ2) is 5.15. The van der Waals surface area contributed by atoms with E-state index in [1.54, 1.807) is 10.6 Å². The van der Waals surface area contributed by atoms with Crippen LogP contribution in [0, 0.1) is 6.92 Å². The fourth-order valence-electron chi connectivity index (χ4n) is 2.85. The smallest absolute Gasteiger partial charge is 0.251 e. The van der Waals surface area contributed by atoms with Gasteiger partial charge in [-0.25, -0.2) is 0 Å². The van der Waals surface area contributed by atoms with Crippen LogP contribution < -0.4 is 5.56 Å². The Balaban J connectivity index is 1.87. The van der Waals surface area contributed by atoms with Gasteiger partial charge in [-0.15, -0.1) is 0 Å². The monoisotopic (exact) mass is 299 g/mol. The highest BCUT2D eigenvalue weighted by Crippen LogP contribution is 2.21. The Bertz CT molecular complexity index is 859. The zero-order valence-corrected chi connectivity index (χ0v) is 12.3. The predicted molar refractivity (Wildman–Crippen MR) is 82.3 cm³/mol. The van der Waals surface area contributed by atoms with E-state index in [1.807, 2.05) is 42.2 Å². The largest absolute Gasteiger partial charge is 0.348 e. The molecule has 2 aromatic heterocycles. The Hall–Kier alpha value is -2.31. The Morgan fingerprint density at radius 3 is 2.73 bits per heavy atom. The molecule has 0 unspecified atom stereocenters. The molecule has 1 aliphatic rings. The molecule has 4 rings (SSSR count). The lowest BCUT2D eigenvalue weighted by atomic mass is 10.1. The summed E-state index contributed by atoms with van der Waals surface area (Å²) in [6.07, 6.45) is 3.44. The lowest BCUT2D eigenvalue weighted by molar-refractivity contribution is -0.0522. The third-order valence-corrected chi connectivity index (χ3v) is 4.04. The van der Waals surface area contributed by atoms with Crippen molar-refractivity contribution in [2.75, 3.05) is 13.2 Å². The molecule has 1 fully saturated rings. The molecule has 0 aliphatic carbocycles. The Labute approximate surface area is 126 Å². The number of H-pyrrole nitrogens is 1. The molecule has 6 nitrogen and oxygen atoms in total. The van der Waals surface area contributed by atoms with Crippen LogP contribution in [0.5, 0.6) is 0 Å². The highest BCUT2D eigenvalue weighted by molar-refractivity contribution is 5.84. The van der Waals surface area contributed by atoms with Crippen LogP contribution in [0.25, 0.3) is 16.6 Å². The molecular weight excluding hydrogens is 282 g/mol. The van der Waals surface area contributed by atoms with Crippen LogP contribution in [0.4, 0.5) is 0 Å². The molecule has 0 radical (unpaired) electrons. The minimum atomic E-state index is -0.353. The van der Waals surface area contributed by atoms with Crippen LogP contribution in [-0.4, -0.2) is 33.9 Å². The van der Waals surface area contributed by atoms with E-state index in [-0.39, 0.29) is 11.8 Å². The van der Waals surface area contributed by atoms with Gasteiger partial charge >= 0.3 is 0 Å². The molecule has 1 N–H and O–H groups in total. The number of aryl methyl sites for hydroxylation is 1. The van der Waals surface area contributed by atoms with Gasteiger partial charge in [-0.2, -0.15) is 0 Å². The second-order valence-corrected chi connectivity index (χ2v) is 5.46. The van der Waals surface area contributed by atoms with Crippen LogP contribution >= 0.6 is 0 Å². The molecule has 1 saturated heterocycles. The van der Waals surface area contributed by atoms with Crippen molar-refractivity contribution >= 4 is 10.9 Å². The van der Waals surface area contributed by atoms with E-state index in [0.717, 1.165) is 22.2 Å². The SMILES string of the molecule is Cc1cc(=O)n(CC2OCCO2)c2cc(-n3cc[nH]3)ccc12. The maximum atomic E-state index is 12.4. The normalized spacial score (nSPS) is 15.9. The predicted octanol–water partition coefficient (Wildman–Crippen LogP) is 1.80. The number of fused-ring (bicyclic) bond motifs is 1. The summed E-state index contributed by atoms with van der Waals surface area (Å²) in [5.41, 5.74) is 2.82. The Morgan fingerprint density at radius 1 is 1.27 bits per heavy atom. The third-order valence-electron chi connectivity index (χ3n) is 4.04. The number of hydrogen-bond donors (Lipinski definition) is 1. The van der Waals surface area contributed by atoms with E-state index < -0.39 is 0 Å². The number of benzene rings is 1. The average molecular weight is 299 g/mol. The van der Waals surface area contributed by atoms with Gasteiger partial charge in [0.15, 0.2) is 6.29 Å². The standard InChI is InChI=1S/C16H17N3O3/c1-11-8-15(20)18(10-16-21-6-7-22-16)14-9-12(2-3-13(11)14)19-5-4-17-19/h2-5,8-9,16-17H,6-7,10H2,1H3. The summed E-state index contributed by atoms with van der Waals surface area (Å²) in [5, 5.41) is 4.13. The summed E-state index contributed by atoms with van der Waals surface area (Å²) in [6.45, 7) is 3.52. The summed E-state index contributed by atoms with van der Waals surface area (Å²) in [6, 6.07) is 7.75. The Kier molecular flexibility index (Phi) is 3.13. The summed E-state index contributed by atoms with van der Waals surface area (Å²) in [5.74, 6) is 0. The minimum absolute atomic E-state index is 0.0339. The van der Waals surface area contributed by atoms with Crippen LogP contribution in [0.3, 0.4) is 0 Å². The van der Waals surface area contributed by atoms with Crippen molar-refractivity contribution in [1.29, 1.82) is 0 Å². The lowest BCUT2D eigenvalue weighted by Crippen LogP contribution is -2.27. The van der Waals surface area contributed by atoms with E-state index in [9.17, 15) is 4.79 Å². The first-order valence-electron chi connectivity index (χ1n) is 7.32. The summed E-state index contributed by atoms with van der Waals surface area (Å²) < 4.78 is 14.6.